The lowest BCUT2D eigenvalue weighted by atomic mass is 9.86. The van der Waals surface area contributed by atoms with Gasteiger partial charge in [-0.1, -0.05) is 0 Å². The van der Waals surface area contributed by atoms with Crippen molar-refractivity contribution >= 4 is 11.7 Å². The number of nitrogens with one attached hydrogen (secondary N) is 1. The quantitative estimate of drug-likeness (QED) is 0.755. The van der Waals surface area contributed by atoms with Gasteiger partial charge >= 0.3 is 12.1 Å². The second-order valence-electron chi connectivity index (χ2n) is 5.89. The van der Waals surface area contributed by atoms with Crippen molar-refractivity contribution in [3.63, 3.8) is 0 Å². The summed E-state index contributed by atoms with van der Waals surface area (Å²) in [7, 11) is 0. The number of carboxylic acids is 1. The number of halogens is 4. The average Bonchev–Trinajstić information content (AvgIpc) is 2.49. The third-order valence-corrected chi connectivity index (χ3v) is 4.02. The van der Waals surface area contributed by atoms with Gasteiger partial charge in [0.15, 0.2) is 0 Å². The molecule has 0 heterocycles. The summed E-state index contributed by atoms with van der Waals surface area (Å²) in [6.07, 6.45) is -3.16. The lowest BCUT2D eigenvalue weighted by molar-refractivity contribution is -0.143. The Kier molecular flexibility index (Phi) is 5.90. The summed E-state index contributed by atoms with van der Waals surface area (Å²) in [5, 5.41) is 12.1. The Morgan fingerprint density at radius 1 is 1.25 bits per heavy atom. The van der Waals surface area contributed by atoms with Gasteiger partial charge in [0, 0.05) is 12.1 Å². The Balaban J connectivity index is 1.96. The highest BCUT2D eigenvalue weighted by molar-refractivity contribution is 5.70. The fraction of sp³-hybridized carbons (Fsp3) is 0.562. The van der Waals surface area contributed by atoms with Gasteiger partial charge in [-0.25, -0.2) is 4.39 Å². The first-order valence-electron chi connectivity index (χ1n) is 7.73. The Labute approximate surface area is 136 Å². The molecule has 2 rings (SSSR count). The van der Waals surface area contributed by atoms with Crippen LogP contribution >= 0.6 is 0 Å². The molecule has 24 heavy (non-hydrogen) atoms. The zero-order valence-electron chi connectivity index (χ0n) is 12.9. The van der Waals surface area contributed by atoms with Crippen LogP contribution in [-0.4, -0.2) is 29.9 Å². The number of hydrogen-bond acceptors (Lipinski definition) is 3. The monoisotopic (exact) mass is 349 g/mol. The van der Waals surface area contributed by atoms with E-state index in [0.717, 1.165) is 6.07 Å². The van der Waals surface area contributed by atoms with E-state index in [0.29, 0.717) is 31.4 Å². The fourth-order valence-electron chi connectivity index (χ4n) is 2.72. The fourth-order valence-corrected chi connectivity index (χ4v) is 2.72. The molecule has 1 aromatic rings. The predicted molar refractivity (Wildman–Crippen MR) is 79.6 cm³/mol. The van der Waals surface area contributed by atoms with Crippen molar-refractivity contribution in [1.82, 2.24) is 0 Å². The highest BCUT2D eigenvalue weighted by Gasteiger charge is 2.28. The number of aliphatic carboxylic acids is 1. The molecule has 0 saturated heterocycles. The Bertz CT molecular complexity index is 569. The van der Waals surface area contributed by atoms with Crippen LogP contribution < -0.4 is 10.1 Å². The zero-order chi connectivity index (χ0) is 17.7. The minimum atomic E-state index is -4.34. The van der Waals surface area contributed by atoms with E-state index in [9.17, 15) is 22.4 Å². The van der Waals surface area contributed by atoms with Gasteiger partial charge in [0.05, 0.1) is 24.6 Å². The van der Waals surface area contributed by atoms with E-state index in [1.165, 1.54) is 12.1 Å². The topological polar surface area (TPSA) is 58.6 Å². The molecular weight excluding hydrogens is 330 g/mol. The maximum atomic E-state index is 13.3. The number of carbonyl (C=O) groups is 1. The van der Waals surface area contributed by atoms with E-state index in [1.807, 2.05) is 0 Å². The van der Waals surface area contributed by atoms with Crippen molar-refractivity contribution < 1.29 is 32.2 Å². The Morgan fingerprint density at radius 3 is 2.50 bits per heavy atom. The van der Waals surface area contributed by atoms with E-state index >= 15 is 0 Å². The summed E-state index contributed by atoms with van der Waals surface area (Å²) in [5.74, 6) is -1.75. The average molecular weight is 349 g/mol. The summed E-state index contributed by atoms with van der Waals surface area (Å²) >= 11 is 0. The van der Waals surface area contributed by atoms with Crippen LogP contribution in [0.4, 0.5) is 23.2 Å². The van der Waals surface area contributed by atoms with Gasteiger partial charge in [0.2, 0.25) is 0 Å². The minimum Gasteiger partial charge on any atom is -0.491 e. The second-order valence-corrected chi connectivity index (χ2v) is 5.89. The van der Waals surface area contributed by atoms with Gasteiger partial charge in [-0.15, -0.1) is 0 Å². The molecule has 0 unspecified atom stereocenters. The first-order valence-corrected chi connectivity index (χ1v) is 7.73. The van der Waals surface area contributed by atoms with E-state index in [1.54, 1.807) is 0 Å². The molecule has 0 radical (unpaired) electrons. The molecular formula is C16H19F4NO3. The number of anilines is 1. The number of alkyl halides is 3. The van der Waals surface area contributed by atoms with E-state index < -0.39 is 31.0 Å². The highest BCUT2D eigenvalue weighted by Crippen LogP contribution is 2.32. The summed E-state index contributed by atoms with van der Waals surface area (Å²) < 4.78 is 55.0. The molecule has 4 nitrogen and oxygen atoms in total. The van der Waals surface area contributed by atoms with E-state index in [-0.39, 0.29) is 17.7 Å². The van der Waals surface area contributed by atoms with Crippen molar-refractivity contribution in [1.29, 1.82) is 0 Å². The van der Waals surface area contributed by atoms with Crippen molar-refractivity contribution in [3.05, 3.63) is 24.0 Å². The van der Waals surface area contributed by atoms with Gasteiger partial charge in [-0.3, -0.25) is 4.79 Å². The number of carboxylic acid groups (broad SMARTS) is 1. The van der Waals surface area contributed by atoms with Crippen LogP contribution in [0.1, 0.15) is 32.1 Å². The molecule has 1 aliphatic rings. The standard InChI is InChI=1S/C16H19F4NO3/c17-11-3-6-13(14(9-11)24-8-7-16(18,19)20)21-12-4-1-10(2-5-12)15(22)23/h3,6,9-10,12,21H,1-2,4-5,7-8H2,(H,22,23). The summed E-state index contributed by atoms with van der Waals surface area (Å²) in [6, 6.07) is 3.64. The molecule has 0 bridgehead atoms. The van der Waals surface area contributed by atoms with Crippen LogP contribution in [0.2, 0.25) is 0 Å². The van der Waals surface area contributed by atoms with Crippen molar-refractivity contribution in [2.24, 2.45) is 5.92 Å². The van der Waals surface area contributed by atoms with Crippen LogP contribution in [0.15, 0.2) is 18.2 Å². The normalized spacial score (nSPS) is 21.3. The van der Waals surface area contributed by atoms with Crippen molar-refractivity contribution in [3.8, 4) is 5.75 Å². The Hall–Kier alpha value is -1.99. The molecule has 134 valence electrons. The van der Waals surface area contributed by atoms with Gasteiger partial charge < -0.3 is 15.2 Å². The SMILES string of the molecule is O=C(O)C1CCC(Nc2ccc(F)cc2OCCC(F)(F)F)CC1. The molecule has 1 fully saturated rings. The molecule has 8 heteroatoms. The minimum absolute atomic E-state index is 0.0176. The van der Waals surface area contributed by atoms with Crippen LogP contribution in [0.3, 0.4) is 0 Å². The maximum Gasteiger partial charge on any atom is 0.392 e. The molecule has 0 spiro atoms. The van der Waals surface area contributed by atoms with Crippen LogP contribution in [0, 0.1) is 11.7 Å². The number of rotatable bonds is 6. The van der Waals surface area contributed by atoms with Gasteiger partial charge in [-0.2, -0.15) is 13.2 Å². The van der Waals surface area contributed by atoms with Crippen LogP contribution in [0.25, 0.3) is 0 Å². The predicted octanol–water partition coefficient (Wildman–Crippen LogP) is 4.21. The van der Waals surface area contributed by atoms with Gasteiger partial charge in [0.25, 0.3) is 0 Å². The maximum absolute atomic E-state index is 13.3. The number of ether oxygens (including phenoxy) is 1. The molecule has 1 aliphatic carbocycles. The van der Waals surface area contributed by atoms with E-state index in [2.05, 4.69) is 5.32 Å². The molecule has 2 N–H and O–H groups in total. The van der Waals surface area contributed by atoms with Crippen LogP contribution in [-0.2, 0) is 4.79 Å². The highest BCUT2D eigenvalue weighted by atomic mass is 19.4. The lowest BCUT2D eigenvalue weighted by Gasteiger charge is -2.28. The third kappa shape index (κ3) is 5.58. The summed E-state index contributed by atoms with van der Waals surface area (Å²) in [4.78, 5) is 10.9. The number of hydrogen-bond donors (Lipinski definition) is 2. The molecule has 0 atom stereocenters. The smallest absolute Gasteiger partial charge is 0.392 e. The van der Waals surface area contributed by atoms with Crippen molar-refractivity contribution in [2.75, 3.05) is 11.9 Å². The Morgan fingerprint density at radius 2 is 1.92 bits per heavy atom. The first-order chi connectivity index (χ1) is 11.2. The van der Waals surface area contributed by atoms with Gasteiger partial charge in [0.1, 0.15) is 11.6 Å². The summed E-state index contributed by atoms with van der Waals surface area (Å²) in [5.41, 5.74) is 0.414. The molecule has 0 aliphatic heterocycles. The van der Waals surface area contributed by atoms with Crippen LogP contribution in [0.5, 0.6) is 5.75 Å². The lowest BCUT2D eigenvalue weighted by Crippen LogP contribution is -2.29. The zero-order valence-corrected chi connectivity index (χ0v) is 12.9. The molecule has 0 amide bonds. The van der Waals surface area contributed by atoms with Gasteiger partial charge in [-0.05, 0) is 37.8 Å². The number of benzene rings is 1. The molecule has 1 aromatic carbocycles. The second kappa shape index (κ2) is 7.72. The molecule has 1 saturated carbocycles. The van der Waals surface area contributed by atoms with E-state index in [4.69, 9.17) is 9.84 Å². The largest absolute Gasteiger partial charge is 0.491 e. The third-order valence-electron chi connectivity index (χ3n) is 4.02. The summed E-state index contributed by atoms with van der Waals surface area (Å²) in [6.45, 7) is -0.590. The first kappa shape index (κ1) is 18.4. The molecule has 0 aromatic heterocycles. The van der Waals surface area contributed by atoms with Crippen molar-refractivity contribution in [2.45, 2.75) is 44.3 Å².